The summed E-state index contributed by atoms with van der Waals surface area (Å²) in [5.74, 6) is 0.0236. The minimum Gasteiger partial charge on any atom is -0.314 e. The molecule has 0 aromatic heterocycles. The standard InChI is InChI=1S/C18H17ClN2O3S/c19-14-8-6-13(7-9-14)10-20-16-11-25(23,24)12-17(16)21(18(20)22)15-4-2-1-3-5-15/h1-9,16-17H,10-12H2/t16-,17-/m0/s1. The zero-order valence-electron chi connectivity index (χ0n) is 13.4. The number of nitrogens with zero attached hydrogens (tertiary/aromatic N) is 2. The number of rotatable bonds is 3. The van der Waals surface area contributed by atoms with Crippen molar-refractivity contribution in [1.82, 2.24) is 4.90 Å². The van der Waals surface area contributed by atoms with Crippen molar-refractivity contribution in [2.24, 2.45) is 0 Å². The number of urea groups is 1. The fourth-order valence-electron chi connectivity index (χ4n) is 3.64. The molecule has 0 unspecified atom stereocenters. The number of sulfone groups is 1. The van der Waals surface area contributed by atoms with Gasteiger partial charge in [-0.05, 0) is 29.8 Å². The molecule has 0 N–H and O–H groups in total. The van der Waals surface area contributed by atoms with Crippen LogP contribution in [-0.2, 0) is 16.4 Å². The topological polar surface area (TPSA) is 57.7 Å². The number of anilines is 1. The summed E-state index contributed by atoms with van der Waals surface area (Å²) in [6.07, 6.45) is 0. The molecule has 2 saturated heterocycles. The number of carbonyl (C=O) groups is 1. The Morgan fingerprint density at radius 1 is 0.960 bits per heavy atom. The normalized spacial score (nSPS) is 24.6. The fourth-order valence-corrected chi connectivity index (χ4v) is 5.71. The first kappa shape index (κ1) is 16.4. The van der Waals surface area contributed by atoms with Crippen LogP contribution in [0.4, 0.5) is 10.5 Å². The van der Waals surface area contributed by atoms with Gasteiger partial charge in [0.25, 0.3) is 0 Å². The van der Waals surface area contributed by atoms with E-state index in [1.165, 1.54) is 0 Å². The maximum atomic E-state index is 13.0. The van der Waals surface area contributed by atoms with Gasteiger partial charge in [-0.15, -0.1) is 0 Å². The van der Waals surface area contributed by atoms with E-state index < -0.39 is 9.84 Å². The van der Waals surface area contributed by atoms with Gasteiger partial charge in [-0.25, -0.2) is 13.2 Å². The van der Waals surface area contributed by atoms with Gasteiger partial charge < -0.3 is 4.90 Å². The van der Waals surface area contributed by atoms with Gasteiger partial charge in [0.05, 0.1) is 23.6 Å². The lowest BCUT2D eigenvalue weighted by molar-refractivity contribution is 0.206. The average molecular weight is 377 g/mol. The molecule has 0 saturated carbocycles. The van der Waals surface area contributed by atoms with Crippen LogP contribution in [0.2, 0.25) is 5.02 Å². The van der Waals surface area contributed by atoms with Crippen LogP contribution in [0.3, 0.4) is 0 Å². The molecule has 2 aliphatic rings. The highest BCUT2D eigenvalue weighted by Crippen LogP contribution is 2.35. The summed E-state index contributed by atoms with van der Waals surface area (Å²) in [4.78, 5) is 16.3. The first-order chi connectivity index (χ1) is 11.9. The van der Waals surface area contributed by atoms with Crippen molar-refractivity contribution in [2.45, 2.75) is 18.6 Å². The molecule has 0 aliphatic carbocycles. The predicted molar refractivity (Wildman–Crippen MR) is 97.5 cm³/mol. The van der Waals surface area contributed by atoms with E-state index in [4.69, 9.17) is 11.6 Å². The summed E-state index contributed by atoms with van der Waals surface area (Å²) in [6.45, 7) is 0.371. The van der Waals surface area contributed by atoms with Crippen LogP contribution in [0.25, 0.3) is 0 Å². The molecule has 5 nitrogen and oxygen atoms in total. The molecule has 2 aromatic carbocycles. The Balaban J connectivity index is 1.69. The summed E-state index contributed by atoms with van der Waals surface area (Å²) < 4.78 is 24.4. The number of benzene rings is 2. The molecule has 25 heavy (non-hydrogen) atoms. The average Bonchev–Trinajstić information content (AvgIpc) is 3.01. The van der Waals surface area contributed by atoms with E-state index in [-0.39, 0.29) is 29.6 Å². The molecule has 4 rings (SSSR count). The molecule has 2 amide bonds. The van der Waals surface area contributed by atoms with Crippen molar-refractivity contribution in [3.63, 3.8) is 0 Å². The molecular formula is C18H17ClN2O3S. The summed E-state index contributed by atoms with van der Waals surface area (Å²) in [5, 5.41) is 0.628. The highest BCUT2D eigenvalue weighted by molar-refractivity contribution is 7.91. The van der Waals surface area contributed by atoms with Crippen LogP contribution < -0.4 is 4.90 Å². The van der Waals surface area contributed by atoms with E-state index in [1.807, 2.05) is 42.5 Å². The van der Waals surface area contributed by atoms with E-state index in [0.717, 1.165) is 11.3 Å². The minimum atomic E-state index is -3.16. The maximum Gasteiger partial charge on any atom is 0.325 e. The van der Waals surface area contributed by atoms with Crippen LogP contribution >= 0.6 is 11.6 Å². The number of fused-ring (bicyclic) bond motifs is 1. The van der Waals surface area contributed by atoms with Crippen molar-refractivity contribution < 1.29 is 13.2 Å². The smallest absolute Gasteiger partial charge is 0.314 e. The zero-order chi connectivity index (χ0) is 17.6. The van der Waals surface area contributed by atoms with Crippen LogP contribution in [0.5, 0.6) is 0 Å². The maximum absolute atomic E-state index is 13.0. The third-order valence-electron chi connectivity index (χ3n) is 4.78. The number of para-hydroxylation sites is 1. The summed E-state index contributed by atoms with van der Waals surface area (Å²) in [6, 6.07) is 15.7. The second kappa shape index (κ2) is 6.04. The summed E-state index contributed by atoms with van der Waals surface area (Å²) in [7, 11) is -3.16. The second-order valence-corrected chi connectivity index (χ2v) is 9.04. The van der Waals surface area contributed by atoms with Crippen molar-refractivity contribution in [3.05, 3.63) is 65.2 Å². The Labute approximate surface area is 151 Å². The summed E-state index contributed by atoms with van der Waals surface area (Å²) in [5.41, 5.74) is 1.66. The molecule has 0 bridgehead atoms. The Morgan fingerprint density at radius 3 is 2.28 bits per heavy atom. The Bertz CT molecular complexity index is 900. The van der Waals surface area contributed by atoms with Gasteiger partial charge >= 0.3 is 6.03 Å². The van der Waals surface area contributed by atoms with Crippen LogP contribution in [0.15, 0.2) is 54.6 Å². The molecule has 2 aliphatic heterocycles. The number of hydrogen-bond donors (Lipinski definition) is 0. The highest BCUT2D eigenvalue weighted by Gasteiger charge is 2.53. The molecule has 130 valence electrons. The molecule has 2 atom stereocenters. The fraction of sp³-hybridized carbons (Fsp3) is 0.278. The van der Waals surface area contributed by atoms with Crippen LogP contribution in [-0.4, -0.2) is 42.9 Å². The lowest BCUT2D eigenvalue weighted by Gasteiger charge is -2.22. The van der Waals surface area contributed by atoms with Gasteiger partial charge in [0.1, 0.15) is 0 Å². The molecule has 2 heterocycles. The molecule has 0 radical (unpaired) electrons. The molecule has 7 heteroatoms. The number of amides is 2. The van der Waals surface area contributed by atoms with Gasteiger partial charge in [0, 0.05) is 17.3 Å². The number of carbonyl (C=O) groups excluding carboxylic acids is 1. The molecule has 2 fully saturated rings. The van der Waals surface area contributed by atoms with Gasteiger partial charge in [-0.2, -0.15) is 0 Å². The van der Waals surface area contributed by atoms with Crippen LogP contribution in [0, 0.1) is 0 Å². The molecule has 0 spiro atoms. The summed E-state index contributed by atoms with van der Waals surface area (Å²) >= 11 is 5.92. The van der Waals surface area contributed by atoms with Gasteiger partial charge in [0.2, 0.25) is 0 Å². The van der Waals surface area contributed by atoms with E-state index >= 15 is 0 Å². The van der Waals surface area contributed by atoms with E-state index in [0.29, 0.717) is 11.6 Å². The Hall–Kier alpha value is -2.05. The highest BCUT2D eigenvalue weighted by atomic mass is 35.5. The lowest BCUT2D eigenvalue weighted by atomic mass is 10.1. The molecular weight excluding hydrogens is 360 g/mol. The van der Waals surface area contributed by atoms with Gasteiger partial charge in [-0.1, -0.05) is 41.9 Å². The monoisotopic (exact) mass is 376 g/mol. The Kier molecular flexibility index (Phi) is 3.96. The molecule has 2 aromatic rings. The third-order valence-corrected chi connectivity index (χ3v) is 6.73. The first-order valence-electron chi connectivity index (χ1n) is 8.04. The second-order valence-electron chi connectivity index (χ2n) is 6.45. The lowest BCUT2D eigenvalue weighted by Crippen LogP contribution is -2.37. The number of halogens is 1. The zero-order valence-corrected chi connectivity index (χ0v) is 14.9. The first-order valence-corrected chi connectivity index (χ1v) is 10.2. The quantitative estimate of drug-likeness (QED) is 0.774. The van der Waals surface area contributed by atoms with Crippen LogP contribution in [0.1, 0.15) is 5.56 Å². The third kappa shape index (κ3) is 3.00. The predicted octanol–water partition coefficient (Wildman–Crippen LogP) is 2.95. The number of hydrogen-bond acceptors (Lipinski definition) is 3. The van der Waals surface area contributed by atoms with Crippen molar-refractivity contribution in [1.29, 1.82) is 0 Å². The van der Waals surface area contributed by atoms with E-state index in [2.05, 4.69) is 0 Å². The van der Waals surface area contributed by atoms with Crippen molar-refractivity contribution in [2.75, 3.05) is 16.4 Å². The van der Waals surface area contributed by atoms with E-state index in [1.54, 1.807) is 21.9 Å². The van der Waals surface area contributed by atoms with Gasteiger partial charge in [0.15, 0.2) is 9.84 Å². The SMILES string of the molecule is O=C1N(Cc2ccc(Cl)cc2)[C@H]2CS(=O)(=O)C[C@@H]2N1c1ccccc1. The van der Waals surface area contributed by atoms with Crippen molar-refractivity contribution >= 4 is 33.2 Å². The van der Waals surface area contributed by atoms with E-state index in [9.17, 15) is 13.2 Å². The largest absolute Gasteiger partial charge is 0.325 e. The minimum absolute atomic E-state index is 0.00934. The van der Waals surface area contributed by atoms with Gasteiger partial charge in [-0.3, -0.25) is 4.90 Å². The Morgan fingerprint density at radius 2 is 1.60 bits per heavy atom. The van der Waals surface area contributed by atoms with Crippen molar-refractivity contribution in [3.8, 4) is 0 Å².